The molecule has 0 aromatic heterocycles. The zero-order valence-electron chi connectivity index (χ0n) is 12.4. The van der Waals surface area contributed by atoms with Crippen LogP contribution in [0.1, 0.15) is 16.7 Å². The molecule has 2 aromatic carbocycles. The molecule has 4 heteroatoms. The van der Waals surface area contributed by atoms with E-state index in [9.17, 15) is 4.79 Å². The maximum absolute atomic E-state index is 12.0. The number of benzene rings is 2. The van der Waals surface area contributed by atoms with Crippen molar-refractivity contribution in [3.63, 3.8) is 0 Å². The minimum absolute atomic E-state index is 0.295. The summed E-state index contributed by atoms with van der Waals surface area (Å²) in [6, 6.07) is 15.1. The maximum atomic E-state index is 12.0. The average Bonchev–Trinajstić information content (AvgIpc) is 2.89. The summed E-state index contributed by atoms with van der Waals surface area (Å²) >= 11 is 0. The van der Waals surface area contributed by atoms with E-state index in [2.05, 4.69) is 4.99 Å². The second-order valence-electron chi connectivity index (χ2n) is 4.92. The van der Waals surface area contributed by atoms with Crippen molar-refractivity contribution in [2.45, 2.75) is 6.92 Å². The van der Waals surface area contributed by atoms with E-state index in [-0.39, 0.29) is 0 Å². The van der Waals surface area contributed by atoms with Crippen LogP contribution in [0.3, 0.4) is 0 Å². The summed E-state index contributed by atoms with van der Waals surface area (Å²) in [5.41, 5.74) is 3.00. The third-order valence-corrected chi connectivity index (χ3v) is 3.42. The number of esters is 1. The second kappa shape index (κ2) is 5.85. The van der Waals surface area contributed by atoms with Crippen molar-refractivity contribution in [2.75, 3.05) is 7.11 Å². The summed E-state index contributed by atoms with van der Waals surface area (Å²) in [7, 11) is 1.61. The van der Waals surface area contributed by atoms with Gasteiger partial charge in [0.25, 0.3) is 0 Å². The van der Waals surface area contributed by atoms with Crippen LogP contribution < -0.4 is 4.74 Å². The number of aryl methyl sites for hydroxylation is 1. The van der Waals surface area contributed by atoms with E-state index in [4.69, 9.17) is 9.47 Å². The van der Waals surface area contributed by atoms with Crippen LogP contribution in [0.5, 0.6) is 5.75 Å². The lowest BCUT2D eigenvalue weighted by Gasteiger charge is -2.02. The molecule has 0 aliphatic carbocycles. The lowest BCUT2D eigenvalue weighted by molar-refractivity contribution is -0.129. The second-order valence-corrected chi connectivity index (χ2v) is 4.92. The molecule has 1 heterocycles. The third-order valence-electron chi connectivity index (χ3n) is 3.42. The van der Waals surface area contributed by atoms with Crippen LogP contribution >= 0.6 is 0 Å². The zero-order chi connectivity index (χ0) is 15.5. The van der Waals surface area contributed by atoms with Crippen molar-refractivity contribution >= 4 is 17.9 Å². The number of carbonyl (C=O) groups excluding carboxylic acids is 1. The Bertz CT molecular complexity index is 773. The number of cyclic esters (lactones) is 1. The molecule has 0 unspecified atom stereocenters. The molecule has 0 fully saturated rings. The van der Waals surface area contributed by atoms with Gasteiger partial charge in [-0.2, -0.15) is 0 Å². The molecule has 0 saturated heterocycles. The molecular formula is C18H15NO3. The summed E-state index contributed by atoms with van der Waals surface area (Å²) in [5, 5.41) is 0. The highest BCUT2D eigenvalue weighted by Crippen LogP contribution is 2.21. The Hall–Kier alpha value is -2.88. The summed E-state index contributed by atoms with van der Waals surface area (Å²) in [4.78, 5) is 16.3. The number of methoxy groups -OCH3 is 1. The number of nitrogens with zero attached hydrogens (tertiary/aromatic N) is 1. The molecule has 4 nitrogen and oxygen atoms in total. The smallest absolute Gasteiger partial charge is 0.363 e. The topological polar surface area (TPSA) is 47.9 Å². The van der Waals surface area contributed by atoms with Gasteiger partial charge in [-0.15, -0.1) is 0 Å². The van der Waals surface area contributed by atoms with Gasteiger partial charge in [0, 0.05) is 5.56 Å². The van der Waals surface area contributed by atoms with Crippen molar-refractivity contribution in [1.82, 2.24) is 0 Å². The van der Waals surface area contributed by atoms with Crippen LogP contribution in [0, 0.1) is 6.92 Å². The summed E-state index contributed by atoms with van der Waals surface area (Å²) in [5.74, 6) is 0.678. The fourth-order valence-electron chi connectivity index (χ4n) is 2.20. The Labute approximate surface area is 128 Å². The van der Waals surface area contributed by atoms with E-state index in [1.807, 2.05) is 55.5 Å². The van der Waals surface area contributed by atoms with Crippen LogP contribution in [0.4, 0.5) is 0 Å². The van der Waals surface area contributed by atoms with Gasteiger partial charge in [0.1, 0.15) is 5.75 Å². The largest absolute Gasteiger partial charge is 0.497 e. The first-order valence-electron chi connectivity index (χ1n) is 6.90. The molecule has 0 N–H and O–H groups in total. The monoisotopic (exact) mass is 293 g/mol. The fraction of sp³-hybridized carbons (Fsp3) is 0.111. The standard InChI is InChI=1S/C18H15NO3/c1-12-5-3-4-6-15(12)17-19-16(18(20)22-17)11-13-7-9-14(21-2)10-8-13/h3-11H,1-2H3/b16-11-. The van der Waals surface area contributed by atoms with Gasteiger partial charge in [0.05, 0.1) is 7.11 Å². The molecule has 0 atom stereocenters. The summed E-state index contributed by atoms with van der Waals surface area (Å²) < 4.78 is 10.4. The summed E-state index contributed by atoms with van der Waals surface area (Å²) in [6.07, 6.45) is 1.70. The van der Waals surface area contributed by atoms with Gasteiger partial charge < -0.3 is 9.47 Å². The van der Waals surface area contributed by atoms with Gasteiger partial charge in [-0.25, -0.2) is 9.79 Å². The Morgan fingerprint density at radius 3 is 2.50 bits per heavy atom. The average molecular weight is 293 g/mol. The molecular weight excluding hydrogens is 278 g/mol. The first kappa shape index (κ1) is 14.1. The van der Waals surface area contributed by atoms with E-state index < -0.39 is 5.97 Å². The Morgan fingerprint density at radius 1 is 1.09 bits per heavy atom. The highest BCUT2D eigenvalue weighted by atomic mass is 16.6. The lowest BCUT2D eigenvalue weighted by Crippen LogP contribution is -2.06. The van der Waals surface area contributed by atoms with E-state index in [1.54, 1.807) is 13.2 Å². The number of carbonyl (C=O) groups is 1. The molecule has 0 saturated carbocycles. The molecule has 0 amide bonds. The van der Waals surface area contributed by atoms with E-state index in [1.165, 1.54) is 0 Å². The van der Waals surface area contributed by atoms with Crippen molar-refractivity contribution < 1.29 is 14.3 Å². The maximum Gasteiger partial charge on any atom is 0.363 e. The van der Waals surface area contributed by atoms with Gasteiger partial charge in [-0.3, -0.25) is 0 Å². The predicted octanol–water partition coefficient (Wildman–Crippen LogP) is 3.35. The predicted molar refractivity (Wildman–Crippen MR) is 84.8 cm³/mol. The Balaban J connectivity index is 1.92. The number of hydrogen-bond acceptors (Lipinski definition) is 4. The van der Waals surface area contributed by atoms with Crippen molar-refractivity contribution in [3.8, 4) is 5.75 Å². The van der Waals surface area contributed by atoms with Crippen LogP contribution in [-0.2, 0) is 9.53 Å². The quantitative estimate of drug-likeness (QED) is 0.644. The van der Waals surface area contributed by atoms with Crippen LogP contribution in [0.2, 0.25) is 0 Å². The molecule has 0 radical (unpaired) electrons. The molecule has 110 valence electrons. The normalized spacial score (nSPS) is 15.6. The minimum atomic E-state index is -0.436. The van der Waals surface area contributed by atoms with Crippen molar-refractivity contribution in [1.29, 1.82) is 0 Å². The molecule has 0 spiro atoms. The molecule has 2 aromatic rings. The number of hydrogen-bond donors (Lipinski definition) is 0. The Kier molecular flexibility index (Phi) is 3.74. The van der Waals surface area contributed by atoms with Gasteiger partial charge in [0.15, 0.2) is 5.70 Å². The SMILES string of the molecule is COc1ccc(/C=C2\N=C(c3ccccc3C)OC2=O)cc1. The van der Waals surface area contributed by atoms with E-state index in [0.717, 1.165) is 22.4 Å². The van der Waals surface area contributed by atoms with Gasteiger partial charge in [0.2, 0.25) is 5.90 Å². The van der Waals surface area contributed by atoms with E-state index >= 15 is 0 Å². The first-order chi connectivity index (χ1) is 10.7. The molecule has 3 rings (SSSR count). The zero-order valence-corrected chi connectivity index (χ0v) is 12.4. The summed E-state index contributed by atoms with van der Waals surface area (Å²) in [6.45, 7) is 1.96. The number of rotatable bonds is 3. The lowest BCUT2D eigenvalue weighted by atomic mass is 10.1. The minimum Gasteiger partial charge on any atom is -0.497 e. The van der Waals surface area contributed by atoms with Crippen molar-refractivity contribution in [2.24, 2.45) is 4.99 Å². The Morgan fingerprint density at radius 2 is 1.82 bits per heavy atom. The van der Waals surface area contributed by atoms with Crippen molar-refractivity contribution in [3.05, 3.63) is 70.9 Å². The number of aliphatic imine (C=N–C) groups is 1. The van der Waals surface area contributed by atoms with Gasteiger partial charge in [-0.1, -0.05) is 30.3 Å². The van der Waals surface area contributed by atoms with Gasteiger partial charge >= 0.3 is 5.97 Å². The van der Waals surface area contributed by atoms with Crippen LogP contribution in [-0.4, -0.2) is 19.0 Å². The first-order valence-corrected chi connectivity index (χ1v) is 6.90. The number of ether oxygens (including phenoxy) is 2. The molecule has 0 bridgehead atoms. The fourth-order valence-corrected chi connectivity index (χ4v) is 2.20. The van der Waals surface area contributed by atoms with Crippen LogP contribution in [0.15, 0.2) is 59.2 Å². The highest BCUT2D eigenvalue weighted by molar-refractivity contribution is 6.13. The third kappa shape index (κ3) is 2.76. The molecule has 1 aliphatic heterocycles. The van der Waals surface area contributed by atoms with E-state index in [0.29, 0.717) is 11.6 Å². The molecule has 1 aliphatic rings. The molecule has 22 heavy (non-hydrogen) atoms. The van der Waals surface area contributed by atoms with Gasteiger partial charge in [-0.05, 0) is 42.3 Å². The highest BCUT2D eigenvalue weighted by Gasteiger charge is 2.24. The van der Waals surface area contributed by atoms with Crippen LogP contribution in [0.25, 0.3) is 6.08 Å².